The largest absolute Gasteiger partial charge is 0.508 e. The van der Waals surface area contributed by atoms with E-state index in [2.05, 4.69) is 55.9 Å². The van der Waals surface area contributed by atoms with Gasteiger partial charge in [-0.1, -0.05) is 30.7 Å². The predicted molar refractivity (Wildman–Crippen MR) is 178 cm³/mol. The summed E-state index contributed by atoms with van der Waals surface area (Å²) in [5.41, 5.74) is 3.74. The number of carboxylic acids is 1. The maximum absolute atomic E-state index is 10.6. The summed E-state index contributed by atoms with van der Waals surface area (Å²) in [4.78, 5) is 27.7. The fourth-order valence-corrected chi connectivity index (χ4v) is 5.31. The Bertz CT molecular complexity index is 1430. The molecule has 5 N–H and O–H groups in total. The minimum absolute atomic E-state index is 0.275. The van der Waals surface area contributed by atoms with E-state index in [1.54, 1.807) is 12.1 Å². The van der Waals surface area contributed by atoms with Crippen LogP contribution in [0.15, 0.2) is 42.5 Å². The first-order valence-electron chi connectivity index (χ1n) is 16.3. The minimum atomic E-state index is -5.08. The Kier molecular flexibility index (Phi) is 13.9. The van der Waals surface area contributed by atoms with E-state index >= 15 is 0 Å². The van der Waals surface area contributed by atoms with Gasteiger partial charge in [-0.3, -0.25) is 4.90 Å². The number of rotatable bonds is 13. The van der Waals surface area contributed by atoms with Gasteiger partial charge in [0.25, 0.3) is 0 Å². The molecule has 0 aliphatic carbocycles. The van der Waals surface area contributed by atoms with Gasteiger partial charge in [-0.2, -0.15) is 28.1 Å². The number of aliphatic carboxylic acids is 1. The Morgan fingerprint density at radius 1 is 0.938 bits per heavy atom. The van der Waals surface area contributed by atoms with Gasteiger partial charge >= 0.3 is 12.1 Å². The summed E-state index contributed by atoms with van der Waals surface area (Å²) in [6.45, 7) is 11.1. The van der Waals surface area contributed by atoms with Crippen molar-refractivity contribution in [3.63, 3.8) is 0 Å². The second-order valence-corrected chi connectivity index (χ2v) is 11.7. The van der Waals surface area contributed by atoms with Gasteiger partial charge in [0.05, 0.1) is 6.61 Å². The van der Waals surface area contributed by atoms with Crippen LogP contribution in [0, 0.1) is 6.92 Å². The highest BCUT2D eigenvalue weighted by atomic mass is 19.4. The van der Waals surface area contributed by atoms with Gasteiger partial charge in [-0.05, 0) is 80.6 Å². The fraction of sp³-hybridized carbons (Fsp3) is 0.515. The highest BCUT2D eigenvalue weighted by Gasteiger charge is 2.38. The molecular formula is C33H45F3N8O4. The Morgan fingerprint density at radius 3 is 2.23 bits per heavy atom. The molecule has 0 bridgehead atoms. The first-order chi connectivity index (χ1) is 23.1. The molecule has 0 radical (unpaired) electrons. The molecule has 2 aliphatic heterocycles. The van der Waals surface area contributed by atoms with E-state index in [-0.39, 0.29) is 5.75 Å². The van der Waals surface area contributed by atoms with Gasteiger partial charge in [0.2, 0.25) is 17.8 Å². The van der Waals surface area contributed by atoms with Gasteiger partial charge in [-0.25, -0.2) is 4.79 Å². The molecule has 2 saturated heterocycles. The smallest absolute Gasteiger partial charge is 0.490 e. The summed E-state index contributed by atoms with van der Waals surface area (Å²) in [6.07, 6.45) is 0.504. The summed E-state index contributed by atoms with van der Waals surface area (Å²) >= 11 is 0. The predicted octanol–water partition coefficient (Wildman–Crippen LogP) is 4.45. The van der Waals surface area contributed by atoms with Crippen molar-refractivity contribution in [1.29, 1.82) is 0 Å². The summed E-state index contributed by atoms with van der Waals surface area (Å²) in [5, 5.41) is 26.8. The number of piperazine rings is 1. The lowest BCUT2D eigenvalue weighted by atomic mass is 10.1. The van der Waals surface area contributed by atoms with E-state index in [1.807, 2.05) is 12.1 Å². The quantitative estimate of drug-likeness (QED) is 0.163. The molecule has 48 heavy (non-hydrogen) atoms. The van der Waals surface area contributed by atoms with Gasteiger partial charge in [0.1, 0.15) is 11.5 Å². The van der Waals surface area contributed by atoms with Gasteiger partial charge < -0.3 is 35.8 Å². The number of piperidine rings is 1. The normalized spacial score (nSPS) is 15.3. The number of aromatic hydroxyl groups is 1. The Hall–Kier alpha value is -4.37. The lowest BCUT2D eigenvalue weighted by molar-refractivity contribution is -0.192. The van der Waals surface area contributed by atoms with Crippen molar-refractivity contribution in [2.75, 3.05) is 74.5 Å². The van der Waals surface area contributed by atoms with Crippen molar-refractivity contribution in [2.45, 2.75) is 51.7 Å². The molecule has 0 spiro atoms. The SMILES string of the molecule is Cc1c(CN2CCCCC2)cccc1OCCCNc1nc(NCCc2ccc(O)cc2)nc(N2CCNCC2)n1.O=C(O)C(F)(F)F. The Balaban J connectivity index is 0.000000671. The van der Waals surface area contributed by atoms with Crippen LogP contribution in [0.25, 0.3) is 0 Å². The first-order valence-corrected chi connectivity index (χ1v) is 16.3. The highest BCUT2D eigenvalue weighted by molar-refractivity contribution is 5.73. The number of phenols is 1. The van der Waals surface area contributed by atoms with Gasteiger partial charge in [0.15, 0.2) is 0 Å². The molecule has 12 nitrogen and oxygen atoms in total. The summed E-state index contributed by atoms with van der Waals surface area (Å²) in [6, 6.07) is 13.7. The molecule has 0 saturated carbocycles. The average Bonchev–Trinajstić information content (AvgIpc) is 3.08. The van der Waals surface area contributed by atoms with Crippen LogP contribution in [0.4, 0.5) is 31.0 Å². The summed E-state index contributed by atoms with van der Waals surface area (Å²) in [7, 11) is 0. The van der Waals surface area contributed by atoms with Crippen LogP contribution in [-0.4, -0.2) is 101 Å². The number of hydrogen-bond donors (Lipinski definition) is 5. The lowest BCUT2D eigenvalue weighted by Gasteiger charge is -2.27. The molecule has 0 unspecified atom stereocenters. The number of carbonyl (C=O) groups is 1. The van der Waals surface area contributed by atoms with Crippen molar-refractivity contribution in [3.05, 3.63) is 59.2 Å². The van der Waals surface area contributed by atoms with Crippen molar-refractivity contribution in [3.8, 4) is 11.5 Å². The minimum Gasteiger partial charge on any atom is -0.508 e. The van der Waals surface area contributed by atoms with Crippen LogP contribution in [0.5, 0.6) is 11.5 Å². The molecule has 3 heterocycles. The lowest BCUT2D eigenvalue weighted by Crippen LogP contribution is -2.44. The average molecular weight is 675 g/mol. The van der Waals surface area contributed by atoms with Crippen molar-refractivity contribution >= 4 is 23.8 Å². The number of nitrogens with one attached hydrogen (secondary N) is 3. The zero-order valence-corrected chi connectivity index (χ0v) is 27.2. The van der Waals surface area contributed by atoms with Gasteiger partial charge in [-0.15, -0.1) is 0 Å². The number of aromatic nitrogens is 3. The molecule has 2 aliphatic rings. The molecule has 15 heteroatoms. The number of likely N-dealkylation sites (tertiary alicyclic amines) is 1. The van der Waals surface area contributed by atoms with E-state index in [1.165, 1.54) is 43.5 Å². The molecular weight excluding hydrogens is 629 g/mol. The molecule has 262 valence electrons. The van der Waals surface area contributed by atoms with E-state index in [9.17, 15) is 18.3 Å². The maximum atomic E-state index is 10.6. The standard InChI is InChI=1S/C31H44N8O2.C2HF3O2/c1-24-26(23-38-18-3-2-4-19-38)7-5-8-28(24)41-22-6-14-33-29-35-30(34-15-13-25-9-11-27(40)12-10-25)37-31(36-29)39-20-16-32-17-21-39;3-2(4,5)1(6)7/h5,7-12,32,40H,2-4,6,13-23H2,1H3,(H2,33,34,35,36,37);(H,6,7). The third-order valence-electron chi connectivity index (χ3n) is 8.00. The van der Waals surface area contributed by atoms with Crippen LogP contribution >= 0.6 is 0 Å². The van der Waals surface area contributed by atoms with Gasteiger partial charge in [0, 0.05) is 45.8 Å². The van der Waals surface area contributed by atoms with E-state index in [0.717, 1.165) is 56.9 Å². The molecule has 2 aromatic carbocycles. The molecule has 3 aromatic rings. The second-order valence-electron chi connectivity index (χ2n) is 11.7. The van der Waals surface area contributed by atoms with Crippen LogP contribution < -0.4 is 25.6 Å². The number of phenolic OH excluding ortho intramolecular Hbond substituents is 1. The zero-order valence-electron chi connectivity index (χ0n) is 27.2. The number of hydrogen-bond acceptors (Lipinski definition) is 11. The fourth-order valence-electron chi connectivity index (χ4n) is 5.31. The molecule has 5 rings (SSSR count). The number of alkyl halides is 3. The topological polar surface area (TPSA) is 148 Å². The molecule has 2 fully saturated rings. The number of ether oxygens (including phenoxy) is 1. The number of nitrogens with zero attached hydrogens (tertiary/aromatic N) is 5. The maximum Gasteiger partial charge on any atom is 0.490 e. The first kappa shape index (κ1) is 36.5. The van der Waals surface area contributed by atoms with Crippen molar-refractivity contribution in [1.82, 2.24) is 25.2 Å². The highest BCUT2D eigenvalue weighted by Crippen LogP contribution is 2.24. The van der Waals surface area contributed by atoms with Crippen LogP contribution in [0.1, 0.15) is 42.4 Å². The van der Waals surface area contributed by atoms with Crippen LogP contribution in [0.3, 0.4) is 0 Å². The molecule has 1 aromatic heterocycles. The van der Waals surface area contributed by atoms with Crippen molar-refractivity contribution in [2.24, 2.45) is 0 Å². The molecule has 0 atom stereocenters. The Morgan fingerprint density at radius 2 is 1.58 bits per heavy atom. The van der Waals surface area contributed by atoms with E-state index in [4.69, 9.17) is 24.6 Å². The molecule has 0 amide bonds. The van der Waals surface area contributed by atoms with Crippen LogP contribution in [0.2, 0.25) is 0 Å². The summed E-state index contributed by atoms with van der Waals surface area (Å²) in [5.74, 6) is 0.312. The monoisotopic (exact) mass is 674 g/mol. The second kappa shape index (κ2) is 18.2. The summed E-state index contributed by atoms with van der Waals surface area (Å²) < 4.78 is 37.9. The third kappa shape index (κ3) is 12.0. The zero-order chi connectivity index (χ0) is 34.4. The van der Waals surface area contributed by atoms with Crippen LogP contribution in [-0.2, 0) is 17.8 Å². The number of carboxylic acid groups (broad SMARTS) is 1. The number of benzene rings is 2. The van der Waals surface area contributed by atoms with Crippen molar-refractivity contribution < 1.29 is 32.9 Å². The van der Waals surface area contributed by atoms with E-state index in [0.29, 0.717) is 37.5 Å². The number of anilines is 3. The van der Waals surface area contributed by atoms with E-state index < -0.39 is 12.1 Å². The Labute approximate surface area is 278 Å². The third-order valence-corrected chi connectivity index (χ3v) is 8.00. The number of halogens is 3.